The fourth-order valence-electron chi connectivity index (χ4n) is 6.49. The molecule has 0 radical (unpaired) electrons. The standard InChI is InChI=1S/C29H34O10/c1-15-19(11-22(32)36-6)27(3,4)13-18(24(15)34)26(38-16(2)30)29(35)20-12-23(33)39-25(17-8-10-37-14-17)28(20,5)9-7-21(29)31/h8,10,12-15,19,25-26,35H,7,9,11H2,1-6H3. The van der Waals surface area contributed by atoms with Gasteiger partial charge in [0.25, 0.3) is 0 Å². The van der Waals surface area contributed by atoms with Crippen LogP contribution in [0.25, 0.3) is 0 Å². The number of aliphatic hydroxyl groups is 1. The molecule has 1 aromatic heterocycles. The van der Waals surface area contributed by atoms with E-state index in [1.54, 1.807) is 26.0 Å². The van der Waals surface area contributed by atoms with Crippen LogP contribution in [0.1, 0.15) is 65.5 Å². The number of Topliss-reactive ketones (excluding diaryl/α,β-unsaturated/α-hetero) is 2. The molecule has 0 saturated heterocycles. The van der Waals surface area contributed by atoms with Crippen molar-refractivity contribution in [3.63, 3.8) is 0 Å². The van der Waals surface area contributed by atoms with E-state index in [0.717, 1.165) is 13.0 Å². The molecule has 4 rings (SSSR count). The van der Waals surface area contributed by atoms with Gasteiger partial charge in [0.05, 0.1) is 19.6 Å². The number of rotatable bonds is 6. The van der Waals surface area contributed by atoms with E-state index >= 15 is 0 Å². The van der Waals surface area contributed by atoms with Crippen molar-refractivity contribution in [3.8, 4) is 0 Å². The lowest BCUT2D eigenvalue weighted by atomic mass is 9.56. The van der Waals surface area contributed by atoms with Gasteiger partial charge >= 0.3 is 17.9 Å². The maximum Gasteiger partial charge on any atom is 0.331 e. The number of esters is 3. The van der Waals surface area contributed by atoms with E-state index < -0.39 is 69.9 Å². The Labute approximate surface area is 226 Å². The van der Waals surface area contributed by atoms with Gasteiger partial charge in [-0.2, -0.15) is 0 Å². The van der Waals surface area contributed by atoms with Crippen LogP contribution in [0.2, 0.25) is 0 Å². The van der Waals surface area contributed by atoms with E-state index in [-0.39, 0.29) is 30.4 Å². The Balaban J connectivity index is 1.89. The van der Waals surface area contributed by atoms with Gasteiger partial charge in [0.2, 0.25) is 0 Å². The zero-order valence-electron chi connectivity index (χ0n) is 22.9. The largest absolute Gasteiger partial charge is 0.472 e. The molecule has 2 heterocycles. The number of cyclic esters (lactones) is 1. The fourth-order valence-corrected chi connectivity index (χ4v) is 6.49. The second-order valence-corrected chi connectivity index (χ2v) is 11.5. The molecule has 1 N–H and O–H groups in total. The predicted octanol–water partition coefficient (Wildman–Crippen LogP) is 3.19. The van der Waals surface area contributed by atoms with Crippen molar-refractivity contribution in [2.24, 2.45) is 22.7 Å². The molecule has 0 spiro atoms. The molecule has 0 aromatic carbocycles. The number of hydrogen-bond donors (Lipinski definition) is 1. The monoisotopic (exact) mass is 542 g/mol. The maximum atomic E-state index is 13.8. The van der Waals surface area contributed by atoms with E-state index in [4.69, 9.17) is 18.6 Å². The highest BCUT2D eigenvalue weighted by Gasteiger charge is 2.63. The zero-order valence-corrected chi connectivity index (χ0v) is 22.9. The molecule has 2 aliphatic carbocycles. The Kier molecular flexibility index (Phi) is 7.23. The molecule has 1 aliphatic heterocycles. The van der Waals surface area contributed by atoms with E-state index in [0.29, 0.717) is 5.56 Å². The number of ketones is 2. The van der Waals surface area contributed by atoms with Gasteiger partial charge in [0.15, 0.2) is 23.3 Å². The Morgan fingerprint density at radius 2 is 1.90 bits per heavy atom. The second kappa shape index (κ2) is 9.89. The van der Waals surface area contributed by atoms with Crippen molar-refractivity contribution in [1.82, 2.24) is 0 Å². The van der Waals surface area contributed by atoms with Gasteiger partial charge in [-0.25, -0.2) is 4.79 Å². The van der Waals surface area contributed by atoms with Crippen molar-refractivity contribution in [2.45, 2.75) is 71.7 Å². The summed E-state index contributed by atoms with van der Waals surface area (Å²) in [4.78, 5) is 64.7. The van der Waals surface area contributed by atoms with Crippen LogP contribution < -0.4 is 0 Å². The lowest BCUT2D eigenvalue weighted by molar-refractivity contribution is -0.173. The minimum absolute atomic E-state index is 0.00999. The highest BCUT2D eigenvalue weighted by atomic mass is 16.6. The Bertz CT molecular complexity index is 1270. The summed E-state index contributed by atoms with van der Waals surface area (Å²) in [6.07, 6.45) is 2.93. The van der Waals surface area contributed by atoms with Gasteiger partial charge in [-0.05, 0) is 29.4 Å². The third-order valence-electron chi connectivity index (χ3n) is 8.59. The molecule has 1 aromatic rings. The first kappa shape index (κ1) is 28.5. The van der Waals surface area contributed by atoms with Crippen LogP contribution >= 0.6 is 0 Å². The first-order chi connectivity index (χ1) is 18.2. The molecular formula is C29H34O10. The SMILES string of the molecule is COC(=O)CC1C(C)C(=O)C(C(OC(C)=O)C2(O)C(=O)CCC3(C)C2=CC(=O)OC3c2ccoc2)=CC1(C)C. The third kappa shape index (κ3) is 4.64. The second-order valence-electron chi connectivity index (χ2n) is 11.5. The predicted molar refractivity (Wildman–Crippen MR) is 135 cm³/mol. The minimum atomic E-state index is -2.52. The zero-order chi connectivity index (χ0) is 28.9. The molecule has 10 heteroatoms. The van der Waals surface area contributed by atoms with Gasteiger partial charge in [-0.15, -0.1) is 0 Å². The van der Waals surface area contributed by atoms with Crippen molar-refractivity contribution >= 4 is 29.5 Å². The van der Waals surface area contributed by atoms with E-state index in [1.807, 2.05) is 13.8 Å². The number of ether oxygens (including phenoxy) is 3. The molecule has 3 aliphatic rings. The van der Waals surface area contributed by atoms with Gasteiger partial charge in [0, 0.05) is 48.3 Å². The van der Waals surface area contributed by atoms with Crippen LogP contribution in [0.3, 0.4) is 0 Å². The van der Waals surface area contributed by atoms with Crippen molar-refractivity contribution in [3.05, 3.63) is 47.5 Å². The lowest BCUT2D eigenvalue weighted by Crippen LogP contribution is -2.62. The van der Waals surface area contributed by atoms with Gasteiger partial charge in [0.1, 0.15) is 6.10 Å². The summed E-state index contributed by atoms with van der Waals surface area (Å²) >= 11 is 0. The Hall–Kier alpha value is -3.53. The summed E-state index contributed by atoms with van der Waals surface area (Å²) in [6.45, 7) is 8.15. The molecule has 0 bridgehead atoms. The maximum absolute atomic E-state index is 13.8. The van der Waals surface area contributed by atoms with Gasteiger partial charge in [-0.1, -0.05) is 33.8 Å². The normalized spacial score (nSPS) is 32.8. The van der Waals surface area contributed by atoms with E-state index in [9.17, 15) is 29.1 Å². The van der Waals surface area contributed by atoms with Crippen LogP contribution in [0, 0.1) is 22.7 Å². The highest BCUT2D eigenvalue weighted by molar-refractivity contribution is 6.04. The van der Waals surface area contributed by atoms with Crippen LogP contribution in [0.4, 0.5) is 0 Å². The van der Waals surface area contributed by atoms with Crippen LogP contribution in [-0.4, -0.2) is 53.4 Å². The number of carbonyl (C=O) groups is 5. The number of allylic oxidation sites excluding steroid dienone is 1. The van der Waals surface area contributed by atoms with E-state index in [2.05, 4.69) is 0 Å². The molecule has 0 amide bonds. The van der Waals surface area contributed by atoms with Crippen LogP contribution in [-0.2, 0) is 38.2 Å². The molecule has 6 unspecified atom stereocenters. The number of methoxy groups -OCH3 is 1. The van der Waals surface area contributed by atoms with Crippen molar-refractivity contribution in [1.29, 1.82) is 0 Å². The minimum Gasteiger partial charge on any atom is -0.472 e. The molecule has 6 atom stereocenters. The molecule has 1 fully saturated rings. The molecule has 10 nitrogen and oxygen atoms in total. The summed E-state index contributed by atoms with van der Waals surface area (Å²) in [5.74, 6) is -4.43. The molecule has 1 saturated carbocycles. The molecule has 39 heavy (non-hydrogen) atoms. The number of hydrogen-bond acceptors (Lipinski definition) is 10. The van der Waals surface area contributed by atoms with Gasteiger partial charge < -0.3 is 23.7 Å². The first-order valence-corrected chi connectivity index (χ1v) is 12.9. The topological polar surface area (TPSA) is 146 Å². The summed E-state index contributed by atoms with van der Waals surface area (Å²) in [6, 6.07) is 1.63. The highest BCUT2D eigenvalue weighted by Crippen LogP contribution is 2.57. The third-order valence-corrected chi connectivity index (χ3v) is 8.59. The smallest absolute Gasteiger partial charge is 0.331 e. The first-order valence-electron chi connectivity index (χ1n) is 12.9. The number of fused-ring (bicyclic) bond motifs is 1. The quantitative estimate of drug-likeness (QED) is 0.420. The molecule has 210 valence electrons. The summed E-state index contributed by atoms with van der Waals surface area (Å²) in [5.41, 5.74) is -3.91. The summed E-state index contributed by atoms with van der Waals surface area (Å²) in [5, 5.41) is 12.3. The van der Waals surface area contributed by atoms with Gasteiger partial charge in [-0.3, -0.25) is 19.2 Å². The number of furan rings is 1. The van der Waals surface area contributed by atoms with Crippen LogP contribution in [0.5, 0.6) is 0 Å². The van der Waals surface area contributed by atoms with Crippen LogP contribution in [0.15, 0.2) is 46.3 Å². The summed E-state index contributed by atoms with van der Waals surface area (Å²) < 4.78 is 21.3. The average Bonchev–Trinajstić information content (AvgIpc) is 3.40. The number of carbonyl (C=O) groups excluding carboxylic acids is 5. The average molecular weight is 543 g/mol. The van der Waals surface area contributed by atoms with Crippen molar-refractivity contribution < 1.29 is 47.7 Å². The van der Waals surface area contributed by atoms with E-state index in [1.165, 1.54) is 19.6 Å². The van der Waals surface area contributed by atoms with Crippen molar-refractivity contribution in [2.75, 3.05) is 7.11 Å². The lowest BCUT2D eigenvalue weighted by Gasteiger charge is -2.52. The molecular weight excluding hydrogens is 508 g/mol. The summed E-state index contributed by atoms with van der Waals surface area (Å²) in [7, 11) is 1.27. The fraction of sp³-hybridized carbons (Fsp3) is 0.552. The Morgan fingerprint density at radius 1 is 1.21 bits per heavy atom. The Morgan fingerprint density at radius 3 is 2.49 bits per heavy atom.